The molecule has 136 valence electrons. The Morgan fingerprint density at radius 3 is 2.69 bits per heavy atom. The first-order chi connectivity index (χ1) is 12.3. The van der Waals surface area contributed by atoms with Crippen LogP contribution < -0.4 is 9.47 Å². The largest absolute Gasteiger partial charge is 0.488 e. The van der Waals surface area contributed by atoms with E-state index >= 15 is 0 Å². The number of nitrogens with zero attached hydrogens (tertiary/aromatic N) is 3. The highest BCUT2D eigenvalue weighted by molar-refractivity contribution is 5.77. The van der Waals surface area contributed by atoms with Crippen LogP contribution in [0.3, 0.4) is 0 Å². The molecule has 3 heterocycles. The molecule has 0 unspecified atom stereocenters. The average molecular weight is 359 g/mol. The lowest BCUT2D eigenvalue weighted by atomic mass is 9.92. The molecule has 0 N–H and O–H groups in total. The summed E-state index contributed by atoms with van der Waals surface area (Å²) in [5, 5.41) is 0. The van der Waals surface area contributed by atoms with Crippen LogP contribution >= 0.6 is 0 Å². The Kier molecular flexibility index (Phi) is 3.82. The number of hydrogen-bond acceptors (Lipinski definition) is 4. The fourth-order valence-corrected chi connectivity index (χ4v) is 2.94. The van der Waals surface area contributed by atoms with Gasteiger partial charge in [0.05, 0.1) is 23.8 Å². The molecule has 0 bridgehead atoms. The summed E-state index contributed by atoms with van der Waals surface area (Å²) in [5.74, 6) is -1.16. The molecule has 7 heteroatoms. The van der Waals surface area contributed by atoms with Gasteiger partial charge >= 0.3 is 0 Å². The molecule has 0 aliphatic carbocycles. The Labute approximate surface area is 149 Å². The van der Waals surface area contributed by atoms with Crippen molar-refractivity contribution in [3.63, 3.8) is 0 Å². The molecule has 0 radical (unpaired) electrons. The lowest BCUT2D eigenvalue weighted by Crippen LogP contribution is -2.23. The SMILES string of the molecule is CC(C)(C)c1ccc(OC[C@@H]2Cn3c(nc4cc(F)c(F)cc43)O2)cn1. The summed E-state index contributed by atoms with van der Waals surface area (Å²) < 4.78 is 40.0. The van der Waals surface area contributed by atoms with Crippen molar-refractivity contribution in [1.29, 1.82) is 0 Å². The summed E-state index contributed by atoms with van der Waals surface area (Å²) >= 11 is 0. The van der Waals surface area contributed by atoms with Gasteiger partial charge in [-0.1, -0.05) is 20.8 Å². The van der Waals surface area contributed by atoms with Gasteiger partial charge in [0.2, 0.25) is 0 Å². The number of imidazole rings is 1. The third-order valence-corrected chi connectivity index (χ3v) is 4.35. The van der Waals surface area contributed by atoms with E-state index in [9.17, 15) is 8.78 Å². The Bertz CT molecular complexity index is 962. The second-order valence-electron chi connectivity index (χ2n) is 7.44. The van der Waals surface area contributed by atoms with E-state index in [0.29, 0.717) is 35.9 Å². The third-order valence-electron chi connectivity index (χ3n) is 4.35. The quantitative estimate of drug-likeness (QED) is 0.713. The Morgan fingerprint density at radius 2 is 2.00 bits per heavy atom. The number of rotatable bonds is 3. The molecule has 1 aliphatic rings. The molecule has 5 nitrogen and oxygen atoms in total. The van der Waals surface area contributed by atoms with E-state index in [2.05, 4.69) is 30.7 Å². The van der Waals surface area contributed by atoms with Crippen LogP contribution in [-0.2, 0) is 12.0 Å². The number of aromatic nitrogens is 3. The minimum atomic E-state index is -0.916. The first-order valence-electron chi connectivity index (χ1n) is 8.42. The molecule has 0 amide bonds. The zero-order chi connectivity index (χ0) is 18.5. The zero-order valence-electron chi connectivity index (χ0n) is 14.8. The molecular formula is C19H19F2N3O2. The Morgan fingerprint density at radius 1 is 1.23 bits per heavy atom. The molecule has 0 saturated carbocycles. The monoisotopic (exact) mass is 359 g/mol. The summed E-state index contributed by atoms with van der Waals surface area (Å²) in [6, 6.07) is 6.39. The van der Waals surface area contributed by atoms with Gasteiger partial charge in [-0.2, -0.15) is 4.98 Å². The summed E-state index contributed by atoms with van der Waals surface area (Å²) in [7, 11) is 0. The summed E-state index contributed by atoms with van der Waals surface area (Å²) in [6.45, 7) is 7.07. The van der Waals surface area contributed by atoms with Crippen LogP contribution in [0.25, 0.3) is 11.0 Å². The summed E-state index contributed by atoms with van der Waals surface area (Å²) in [4.78, 5) is 8.63. The maximum atomic E-state index is 13.5. The molecule has 2 aromatic heterocycles. The zero-order valence-corrected chi connectivity index (χ0v) is 14.8. The van der Waals surface area contributed by atoms with E-state index < -0.39 is 11.6 Å². The highest BCUT2D eigenvalue weighted by Gasteiger charge is 2.28. The number of ether oxygens (including phenoxy) is 2. The van der Waals surface area contributed by atoms with Crippen molar-refractivity contribution < 1.29 is 18.3 Å². The first-order valence-corrected chi connectivity index (χ1v) is 8.42. The van der Waals surface area contributed by atoms with Gasteiger partial charge in [-0.25, -0.2) is 8.78 Å². The molecule has 0 saturated heterocycles. The van der Waals surface area contributed by atoms with Gasteiger partial charge in [-0.3, -0.25) is 9.55 Å². The van der Waals surface area contributed by atoms with Crippen molar-refractivity contribution in [2.75, 3.05) is 6.61 Å². The predicted octanol–water partition coefficient (Wildman–Crippen LogP) is 3.85. The van der Waals surface area contributed by atoms with Crippen LogP contribution in [0.5, 0.6) is 11.8 Å². The third kappa shape index (κ3) is 2.98. The molecule has 26 heavy (non-hydrogen) atoms. The highest BCUT2D eigenvalue weighted by atomic mass is 19.2. The van der Waals surface area contributed by atoms with E-state index in [-0.39, 0.29) is 11.5 Å². The van der Waals surface area contributed by atoms with Crippen molar-refractivity contribution in [1.82, 2.24) is 14.5 Å². The second-order valence-corrected chi connectivity index (χ2v) is 7.44. The van der Waals surface area contributed by atoms with Crippen LogP contribution in [0, 0.1) is 11.6 Å². The van der Waals surface area contributed by atoms with E-state index in [1.807, 2.05) is 12.1 Å². The summed E-state index contributed by atoms with van der Waals surface area (Å²) in [5.41, 5.74) is 1.86. The van der Waals surface area contributed by atoms with E-state index in [1.54, 1.807) is 10.8 Å². The van der Waals surface area contributed by atoms with Gasteiger partial charge < -0.3 is 9.47 Å². The standard InChI is InChI=1S/C19H19F2N3O2/c1-19(2,3)17-5-4-11(8-22-17)25-10-12-9-24-16-7-14(21)13(20)6-15(16)23-18(24)26-12/h4-8,12H,9-10H2,1-3H3/t12-/m0/s1. The average Bonchev–Trinajstić information content (AvgIpc) is 3.11. The molecule has 3 aromatic rings. The number of fused-ring (bicyclic) bond motifs is 3. The Hall–Kier alpha value is -2.70. The summed E-state index contributed by atoms with van der Waals surface area (Å²) in [6.07, 6.45) is 1.44. The Balaban J connectivity index is 1.43. The fraction of sp³-hybridized carbons (Fsp3) is 0.368. The van der Waals surface area contributed by atoms with Crippen molar-refractivity contribution >= 4 is 11.0 Å². The maximum Gasteiger partial charge on any atom is 0.297 e. The van der Waals surface area contributed by atoms with Gasteiger partial charge in [0.15, 0.2) is 17.7 Å². The number of benzene rings is 1. The molecule has 0 fully saturated rings. The van der Waals surface area contributed by atoms with Crippen molar-refractivity contribution in [3.05, 3.63) is 47.8 Å². The minimum absolute atomic E-state index is 0.0158. The van der Waals surface area contributed by atoms with E-state index in [4.69, 9.17) is 9.47 Å². The topological polar surface area (TPSA) is 49.2 Å². The van der Waals surface area contributed by atoms with E-state index in [0.717, 1.165) is 17.8 Å². The molecule has 0 spiro atoms. The van der Waals surface area contributed by atoms with Gasteiger partial charge in [0.25, 0.3) is 6.01 Å². The molecule has 1 atom stereocenters. The second kappa shape index (κ2) is 5.93. The van der Waals surface area contributed by atoms with Gasteiger partial charge in [0.1, 0.15) is 12.4 Å². The van der Waals surface area contributed by atoms with Crippen LogP contribution in [-0.4, -0.2) is 27.2 Å². The van der Waals surface area contributed by atoms with Crippen LogP contribution in [0.4, 0.5) is 8.78 Å². The molecule has 1 aliphatic heterocycles. The number of hydrogen-bond donors (Lipinski definition) is 0. The number of pyridine rings is 1. The lowest BCUT2D eigenvalue weighted by molar-refractivity contribution is 0.143. The molecule has 4 rings (SSSR count). The first kappa shape index (κ1) is 16.8. The normalized spacial score (nSPS) is 16.6. The maximum absolute atomic E-state index is 13.5. The van der Waals surface area contributed by atoms with Gasteiger partial charge in [-0.05, 0) is 12.1 Å². The van der Waals surface area contributed by atoms with Crippen LogP contribution in [0.1, 0.15) is 26.5 Å². The smallest absolute Gasteiger partial charge is 0.297 e. The predicted molar refractivity (Wildman–Crippen MR) is 92.5 cm³/mol. The minimum Gasteiger partial charge on any atom is -0.488 e. The number of halogens is 2. The highest BCUT2D eigenvalue weighted by Crippen LogP contribution is 2.29. The lowest BCUT2D eigenvalue weighted by Gasteiger charge is -2.18. The molecule has 1 aromatic carbocycles. The van der Waals surface area contributed by atoms with Crippen molar-refractivity contribution in [2.24, 2.45) is 0 Å². The van der Waals surface area contributed by atoms with Gasteiger partial charge in [0, 0.05) is 23.2 Å². The van der Waals surface area contributed by atoms with Crippen LogP contribution in [0.15, 0.2) is 30.5 Å². The van der Waals surface area contributed by atoms with Gasteiger partial charge in [-0.15, -0.1) is 0 Å². The van der Waals surface area contributed by atoms with E-state index in [1.165, 1.54) is 0 Å². The van der Waals surface area contributed by atoms with Crippen LogP contribution in [0.2, 0.25) is 0 Å². The van der Waals surface area contributed by atoms with Crippen molar-refractivity contribution in [3.8, 4) is 11.8 Å². The fourth-order valence-electron chi connectivity index (χ4n) is 2.94. The van der Waals surface area contributed by atoms with Crippen molar-refractivity contribution in [2.45, 2.75) is 38.8 Å². The molecular weight excluding hydrogens is 340 g/mol.